The van der Waals surface area contributed by atoms with E-state index in [0.29, 0.717) is 17.9 Å². The van der Waals surface area contributed by atoms with E-state index in [1.807, 2.05) is 26.0 Å². The summed E-state index contributed by atoms with van der Waals surface area (Å²) in [6, 6.07) is 7.20. The zero-order valence-corrected chi connectivity index (χ0v) is 21.1. The number of carbonyl (C=O) groups is 2. The Balaban J connectivity index is 2.02. The van der Waals surface area contributed by atoms with Gasteiger partial charge in [-0.2, -0.15) is 8.42 Å². The van der Waals surface area contributed by atoms with E-state index in [0.717, 1.165) is 4.70 Å². The lowest BCUT2D eigenvalue weighted by Gasteiger charge is -2.24. The first kappa shape index (κ1) is 26.7. The van der Waals surface area contributed by atoms with Crippen LogP contribution < -0.4 is 0 Å². The number of nitrogens with zero attached hydrogens (tertiary/aromatic N) is 2. The van der Waals surface area contributed by atoms with Crippen LogP contribution in [0.25, 0.3) is 10.2 Å². The van der Waals surface area contributed by atoms with Gasteiger partial charge in [0.1, 0.15) is 0 Å². The minimum Gasteiger partial charge on any atom is -0.465 e. The smallest absolute Gasteiger partial charge is 0.363 e. The van der Waals surface area contributed by atoms with Crippen molar-refractivity contribution in [1.82, 2.24) is 4.98 Å². The van der Waals surface area contributed by atoms with E-state index in [2.05, 4.69) is 10.1 Å². The third-order valence-electron chi connectivity index (χ3n) is 4.45. The van der Waals surface area contributed by atoms with Gasteiger partial charge in [-0.15, -0.1) is 11.3 Å². The van der Waals surface area contributed by atoms with E-state index in [4.69, 9.17) is 13.8 Å². The van der Waals surface area contributed by atoms with Crippen LogP contribution in [0.1, 0.15) is 52.5 Å². The third kappa shape index (κ3) is 8.08. The van der Waals surface area contributed by atoms with Crippen LogP contribution in [-0.2, 0) is 33.5 Å². The number of hydrogen-bond donors (Lipinski definition) is 0. The van der Waals surface area contributed by atoms with Crippen molar-refractivity contribution in [2.45, 2.75) is 47.5 Å². The highest BCUT2D eigenvalue weighted by molar-refractivity contribution is 7.86. The summed E-state index contributed by atoms with van der Waals surface area (Å²) in [7, 11) is -4.13. The minimum atomic E-state index is -4.13. The van der Waals surface area contributed by atoms with Gasteiger partial charge in [0.2, 0.25) is 5.71 Å². The molecule has 11 heteroatoms. The van der Waals surface area contributed by atoms with Gasteiger partial charge in [0, 0.05) is 0 Å². The van der Waals surface area contributed by atoms with Crippen LogP contribution in [0.5, 0.6) is 0 Å². The maximum Gasteiger partial charge on any atom is 0.363 e. The number of benzene rings is 1. The normalized spacial score (nSPS) is 12.7. The summed E-state index contributed by atoms with van der Waals surface area (Å²) < 4.78 is 40.2. The van der Waals surface area contributed by atoms with E-state index < -0.39 is 27.3 Å². The van der Waals surface area contributed by atoms with Crippen molar-refractivity contribution >= 4 is 49.3 Å². The number of aromatic nitrogens is 1. The standard InChI is InChI=1S/C22H30N2O7S2/c1-6-29-20(25)18(19-23-16-10-7-8-11-17(16)32-19)24-31-33(27,28)13-9-12-30-21(26)22(4,5)14-15(2)3/h7-8,10-11,15H,6,9,12-14H2,1-5H3/b24-18-. The Hall–Kier alpha value is -2.53. The molecule has 0 saturated carbocycles. The fraction of sp³-hybridized carbons (Fsp3) is 0.545. The molecule has 0 fully saturated rings. The van der Waals surface area contributed by atoms with Gasteiger partial charge < -0.3 is 9.47 Å². The van der Waals surface area contributed by atoms with E-state index in [9.17, 15) is 18.0 Å². The molecule has 0 aliphatic carbocycles. The predicted octanol–water partition coefficient (Wildman–Crippen LogP) is 3.92. The molecule has 1 aromatic carbocycles. The average molecular weight is 499 g/mol. The molecular weight excluding hydrogens is 468 g/mol. The second kappa shape index (κ2) is 11.6. The maximum atomic E-state index is 12.3. The lowest BCUT2D eigenvalue weighted by atomic mass is 9.84. The topological polar surface area (TPSA) is 121 Å². The molecule has 33 heavy (non-hydrogen) atoms. The van der Waals surface area contributed by atoms with Gasteiger partial charge >= 0.3 is 22.1 Å². The molecule has 0 amide bonds. The Morgan fingerprint density at radius 1 is 1.18 bits per heavy atom. The van der Waals surface area contributed by atoms with Crippen LogP contribution in [0.3, 0.4) is 0 Å². The lowest BCUT2D eigenvalue weighted by molar-refractivity contribution is -0.154. The second-order valence-electron chi connectivity index (χ2n) is 8.45. The van der Waals surface area contributed by atoms with Gasteiger partial charge in [0.15, 0.2) is 5.01 Å². The van der Waals surface area contributed by atoms with Crippen LogP contribution in [-0.4, -0.2) is 50.0 Å². The number of esters is 2. The molecular formula is C22H30N2O7S2. The fourth-order valence-electron chi connectivity index (χ4n) is 3.17. The molecule has 0 spiro atoms. The first-order chi connectivity index (χ1) is 15.4. The number of hydrogen-bond acceptors (Lipinski definition) is 10. The highest BCUT2D eigenvalue weighted by Crippen LogP contribution is 2.27. The van der Waals surface area contributed by atoms with Crippen molar-refractivity contribution in [3.8, 4) is 0 Å². The Morgan fingerprint density at radius 2 is 1.88 bits per heavy atom. The molecule has 0 bridgehead atoms. The van der Waals surface area contributed by atoms with E-state index in [1.54, 1.807) is 32.9 Å². The molecule has 0 atom stereocenters. The van der Waals surface area contributed by atoms with Gasteiger partial charge in [0.25, 0.3) is 0 Å². The van der Waals surface area contributed by atoms with Crippen LogP contribution in [0, 0.1) is 11.3 Å². The van der Waals surface area contributed by atoms with Crippen LogP contribution >= 0.6 is 11.3 Å². The largest absolute Gasteiger partial charge is 0.465 e. The zero-order valence-electron chi connectivity index (χ0n) is 19.5. The summed E-state index contributed by atoms with van der Waals surface area (Å²) in [5, 5.41) is 3.75. The molecule has 1 heterocycles. The van der Waals surface area contributed by atoms with E-state index in [1.165, 1.54) is 11.3 Å². The van der Waals surface area contributed by atoms with Gasteiger partial charge in [0.05, 0.1) is 34.6 Å². The van der Waals surface area contributed by atoms with Crippen molar-refractivity contribution in [2.24, 2.45) is 16.5 Å². The summed E-state index contributed by atoms with van der Waals surface area (Å²) in [5.74, 6) is -1.34. The van der Waals surface area contributed by atoms with Crippen LogP contribution in [0.15, 0.2) is 29.4 Å². The van der Waals surface area contributed by atoms with Gasteiger partial charge in [-0.3, -0.25) is 9.08 Å². The molecule has 0 unspecified atom stereocenters. The number of fused-ring (bicyclic) bond motifs is 1. The Kier molecular flexibility index (Phi) is 9.35. The average Bonchev–Trinajstić information content (AvgIpc) is 3.14. The molecule has 0 radical (unpaired) electrons. The van der Waals surface area contributed by atoms with E-state index >= 15 is 0 Å². The molecule has 0 aliphatic heterocycles. The first-order valence-electron chi connectivity index (χ1n) is 10.6. The second-order valence-corrected chi connectivity index (χ2v) is 11.2. The van der Waals surface area contributed by atoms with Gasteiger partial charge in [-0.05, 0) is 51.7 Å². The van der Waals surface area contributed by atoms with Crippen molar-refractivity contribution in [1.29, 1.82) is 0 Å². The Morgan fingerprint density at radius 3 is 2.52 bits per heavy atom. The summed E-state index contributed by atoms with van der Waals surface area (Å²) in [5.41, 5.74) is -0.345. The minimum absolute atomic E-state index is 0.0250. The molecule has 182 valence electrons. The zero-order chi connectivity index (χ0) is 24.6. The monoisotopic (exact) mass is 498 g/mol. The SMILES string of the molecule is CCOC(=O)/C(=N\OS(=O)(=O)CCCOC(=O)C(C)(C)CC(C)C)c1nc2ccccc2s1. The maximum absolute atomic E-state index is 12.3. The third-order valence-corrected chi connectivity index (χ3v) is 6.58. The van der Waals surface area contributed by atoms with Crippen LogP contribution in [0.2, 0.25) is 0 Å². The Bertz CT molecular complexity index is 1070. The Labute approximate surface area is 198 Å². The molecule has 0 N–H and O–H groups in total. The highest BCUT2D eigenvalue weighted by Gasteiger charge is 2.30. The van der Waals surface area contributed by atoms with Crippen molar-refractivity contribution in [3.63, 3.8) is 0 Å². The van der Waals surface area contributed by atoms with Crippen molar-refractivity contribution < 1.29 is 31.8 Å². The molecule has 2 aromatic rings. The summed E-state index contributed by atoms with van der Waals surface area (Å²) in [6.07, 6.45) is 0.682. The first-order valence-corrected chi connectivity index (χ1v) is 13.0. The number of rotatable bonds is 12. The molecule has 2 rings (SSSR count). The van der Waals surface area contributed by atoms with Crippen LogP contribution in [0.4, 0.5) is 0 Å². The summed E-state index contributed by atoms with van der Waals surface area (Å²) >= 11 is 1.17. The number of thiazole rings is 1. The van der Waals surface area contributed by atoms with Crippen molar-refractivity contribution in [2.75, 3.05) is 19.0 Å². The van der Waals surface area contributed by atoms with Gasteiger partial charge in [-0.25, -0.2) is 9.78 Å². The summed E-state index contributed by atoms with van der Waals surface area (Å²) in [4.78, 5) is 28.9. The molecule has 0 aliphatic rings. The fourth-order valence-corrected chi connectivity index (χ4v) is 4.84. The van der Waals surface area contributed by atoms with Gasteiger partial charge in [-0.1, -0.05) is 31.1 Å². The lowest BCUT2D eigenvalue weighted by Crippen LogP contribution is -2.29. The molecule has 1 aromatic heterocycles. The number of oxime groups is 1. The molecule has 9 nitrogen and oxygen atoms in total. The molecule has 0 saturated heterocycles. The number of carbonyl (C=O) groups excluding carboxylic acids is 2. The highest BCUT2D eigenvalue weighted by atomic mass is 32.2. The predicted molar refractivity (Wildman–Crippen MR) is 126 cm³/mol. The van der Waals surface area contributed by atoms with E-state index in [-0.39, 0.29) is 36.3 Å². The summed E-state index contributed by atoms with van der Waals surface area (Å²) in [6.45, 7) is 9.24. The quantitative estimate of drug-likeness (QED) is 0.187. The number of para-hydroxylation sites is 1. The van der Waals surface area contributed by atoms with Crippen molar-refractivity contribution in [3.05, 3.63) is 29.3 Å². The number of ether oxygens (including phenoxy) is 2.